The Balaban J connectivity index is 2.93. The van der Waals surface area contributed by atoms with E-state index in [1.807, 2.05) is 19.9 Å². The maximum Gasteiger partial charge on any atom is 0.276 e. The second kappa shape index (κ2) is 8.25. The van der Waals surface area contributed by atoms with Gasteiger partial charge in [-0.15, -0.1) is 0 Å². The average Bonchev–Trinajstić information content (AvgIpc) is 2.48. The Kier molecular flexibility index (Phi) is 6.95. The van der Waals surface area contributed by atoms with Gasteiger partial charge < -0.3 is 10.2 Å². The minimum atomic E-state index is -1.52. The number of hydrogen-bond donors (Lipinski definition) is 2. The maximum absolute atomic E-state index is 11.9. The molecule has 4 heteroatoms. The van der Waals surface area contributed by atoms with E-state index in [1.165, 1.54) is 6.92 Å². The molecule has 1 aliphatic heterocycles. The van der Waals surface area contributed by atoms with E-state index in [2.05, 4.69) is 31.0 Å². The zero-order chi connectivity index (χ0) is 17.6. The molecule has 2 N–H and O–H groups in total. The van der Waals surface area contributed by atoms with Crippen molar-refractivity contribution in [3.05, 3.63) is 35.1 Å². The summed E-state index contributed by atoms with van der Waals surface area (Å²) in [7, 11) is 0. The summed E-state index contributed by atoms with van der Waals surface area (Å²) >= 11 is 0. The number of nitrogens with zero attached hydrogens (tertiary/aromatic N) is 1. The molecule has 23 heavy (non-hydrogen) atoms. The highest BCUT2D eigenvalue weighted by atomic mass is 16.3. The van der Waals surface area contributed by atoms with Gasteiger partial charge in [-0.1, -0.05) is 51.0 Å². The van der Waals surface area contributed by atoms with Crippen molar-refractivity contribution < 1.29 is 15.0 Å². The highest BCUT2D eigenvalue weighted by molar-refractivity contribution is 6.11. The molecule has 128 valence electrons. The van der Waals surface area contributed by atoms with Crippen molar-refractivity contribution in [1.29, 1.82) is 0 Å². The monoisotopic (exact) mass is 319 g/mol. The molecule has 0 radical (unpaired) electrons. The number of allylic oxidation sites excluding steroid dienone is 4. The van der Waals surface area contributed by atoms with Crippen molar-refractivity contribution in [2.24, 2.45) is 10.9 Å². The predicted octanol–water partition coefficient (Wildman–Crippen LogP) is 4.27. The van der Waals surface area contributed by atoms with Gasteiger partial charge >= 0.3 is 0 Å². The van der Waals surface area contributed by atoms with E-state index in [0.717, 1.165) is 12.0 Å². The number of carbonyl (C=O) groups is 1. The summed E-state index contributed by atoms with van der Waals surface area (Å²) in [4.78, 5) is 15.9. The van der Waals surface area contributed by atoms with Gasteiger partial charge in [0, 0.05) is 6.42 Å². The third kappa shape index (κ3) is 4.90. The lowest BCUT2D eigenvalue weighted by Crippen LogP contribution is -2.44. The van der Waals surface area contributed by atoms with Gasteiger partial charge in [0.25, 0.3) is 5.91 Å². The van der Waals surface area contributed by atoms with Crippen LogP contribution in [0.25, 0.3) is 0 Å². The molecule has 1 aliphatic rings. The minimum absolute atomic E-state index is 0.130. The standard InChI is InChI=1S/C19H29NO3/c1-6-12-19(23)16(20-18(22)15(5)17(19)21)11-10-14(4)9-7-8-13(2)3/h7-8,10,13,21,23H,6,9,11-12H2,1-5H3. The predicted molar refractivity (Wildman–Crippen MR) is 94.6 cm³/mol. The molecule has 1 atom stereocenters. The van der Waals surface area contributed by atoms with Crippen LogP contribution in [0.5, 0.6) is 0 Å². The lowest BCUT2D eigenvalue weighted by atomic mass is 9.83. The molecule has 1 heterocycles. The lowest BCUT2D eigenvalue weighted by Gasteiger charge is -2.32. The molecule has 0 aromatic heterocycles. The van der Waals surface area contributed by atoms with E-state index >= 15 is 0 Å². The van der Waals surface area contributed by atoms with E-state index in [0.29, 0.717) is 30.9 Å². The molecular weight excluding hydrogens is 290 g/mol. The van der Waals surface area contributed by atoms with Crippen molar-refractivity contribution in [1.82, 2.24) is 0 Å². The summed E-state index contributed by atoms with van der Waals surface area (Å²) in [6.07, 6.45) is 8.44. The fourth-order valence-corrected chi connectivity index (χ4v) is 2.57. The van der Waals surface area contributed by atoms with Gasteiger partial charge in [0.05, 0.1) is 11.3 Å². The Morgan fingerprint density at radius 3 is 2.61 bits per heavy atom. The fourth-order valence-electron chi connectivity index (χ4n) is 2.57. The van der Waals surface area contributed by atoms with Crippen LogP contribution < -0.4 is 0 Å². The number of aliphatic imine (C=N–C) groups is 1. The van der Waals surface area contributed by atoms with Crippen LogP contribution in [0, 0.1) is 5.92 Å². The van der Waals surface area contributed by atoms with Crippen LogP contribution in [-0.4, -0.2) is 27.4 Å². The van der Waals surface area contributed by atoms with Crippen LogP contribution in [0.15, 0.2) is 40.1 Å². The molecule has 0 aromatic carbocycles. The van der Waals surface area contributed by atoms with Gasteiger partial charge in [-0.2, -0.15) is 0 Å². The summed E-state index contributed by atoms with van der Waals surface area (Å²) in [5, 5.41) is 21.0. The quantitative estimate of drug-likeness (QED) is 0.688. The zero-order valence-corrected chi connectivity index (χ0v) is 14.9. The summed E-state index contributed by atoms with van der Waals surface area (Å²) in [5.74, 6) is -0.202. The van der Waals surface area contributed by atoms with Gasteiger partial charge in [0.2, 0.25) is 0 Å². The molecule has 1 amide bonds. The Bertz CT molecular complexity index is 567. The summed E-state index contributed by atoms with van der Waals surface area (Å²) in [6.45, 7) is 9.68. The zero-order valence-electron chi connectivity index (χ0n) is 14.9. The second-order valence-corrected chi connectivity index (χ2v) is 6.58. The summed E-state index contributed by atoms with van der Waals surface area (Å²) in [6, 6.07) is 0. The molecule has 0 bridgehead atoms. The Labute approximate surface area is 139 Å². The first kappa shape index (κ1) is 19.4. The van der Waals surface area contributed by atoms with Crippen molar-refractivity contribution in [2.75, 3.05) is 0 Å². The molecule has 4 nitrogen and oxygen atoms in total. The van der Waals surface area contributed by atoms with Crippen molar-refractivity contribution >= 4 is 11.6 Å². The van der Waals surface area contributed by atoms with E-state index in [1.54, 1.807) is 0 Å². The number of amides is 1. The SMILES string of the molecule is CCCC1(O)C(CC=C(C)CC=CC(C)C)=NC(=O)C(C)=C1O. The van der Waals surface area contributed by atoms with Gasteiger partial charge in [-0.05, 0) is 32.6 Å². The molecule has 0 aromatic rings. The smallest absolute Gasteiger partial charge is 0.276 e. The maximum atomic E-state index is 11.9. The van der Waals surface area contributed by atoms with Crippen LogP contribution in [0.3, 0.4) is 0 Å². The molecule has 0 saturated carbocycles. The van der Waals surface area contributed by atoms with Crippen LogP contribution in [0.4, 0.5) is 0 Å². The van der Waals surface area contributed by atoms with Gasteiger partial charge in [0.15, 0.2) is 5.60 Å². The van der Waals surface area contributed by atoms with Crippen LogP contribution in [-0.2, 0) is 4.79 Å². The Morgan fingerprint density at radius 2 is 2.04 bits per heavy atom. The highest BCUT2D eigenvalue weighted by Gasteiger charge is 2.42. The topological polar surface area (TPSA) is 69.9 Å². The third-order valence-electron chi connectivity index (χ3n) is 4.00. The molecule has 0 aliphatic carbocycles. The Morgan fingerprint density at radius 1 is 1.39 bits per heavy atom. The van der Waals surface area contributed by atoms with Crippen LogP contribution in [0.2, 0.25) is 0 Å². The van der Waals surface area contributed by atoms with E-state index in [9.17, 15) is 15.0 Å². The highest BCUT2D eigenvalue weighted by Crippen LogP contribution is 2.31. The van der Waals surface area contributed by atoms with Gasteiger partial charge in [-0.25, -0.2) is 4.99 Å². The van der Waals surface area contributed by atoms with Crippen molar-refractivity contribution in [3.63, 3.8) is 0 Å². The minimum Gasteiger partial charge on any atom is -0.508 e. The lowest BCUT2D eigenvalue weighted by molar-refractivity contribution is -0.115. The van der Waals surface area contributed by atoms with Gasteiger partial charge in [0.1, 0.15) is 5.76 Å². The number of carbonyl (C=O) groups excluding carboxylic acids is 1. The first-order valence-corrected chi connectivity index (χ1v) is 8.29. The average molecular weight is 319 g/mol. The number of rotatable bonds is 7. The molecule has 1 rings (SSSR count). The number of hydrogen-bond acceptors (Lipinski definition) is 3. The molecule has 0 fully saturated rings. The third-order valence-corrected chi connectivity index (χ3v) is 4.00. The molecule has 0 spiro atoms. The number of dihydropyridines is 1. The normalized spacial score (nSPS) is 23.2. The van der Waals surface area contributed by atoms with E-state index < -0.39 is 11.5 Å². The van der Waals surface area contributed by atoms with Gasteiger partial charge in [-0.3, -0.25) is 4.79 Å². The fraction of sp³-hybridized carbons (Fsp3) is 0.579. The molecule has 0 saturated heterocycles. The summed E-state index contributed by atoms with van der Waals surface area (Å²) in [5.41, 5.74) is 0.0867. The first-order valence-electron chi connectivity index (χ1n) is 8.29. The first-order chi connectivity index (χ1) is 10.7. The van der Waals surface area contributed by atoms with Crippen LogP contribution >= 0.6 is 0 Å². The van der Waals surface area contributed by atoms with E-state index in [-0.39, 0.29) is 11.3 Å². The molecular formula is C19H29NO3. The summed E-state index contributed by atoms with van der Waals surface area (Å²) < 4.78 is 0. The van der Waals surface area contributed by atoms with E-state index in [4.69, 9.17) is 0 Å². The molecule has 1 unspecified atom stereocenters. The number of aliphatic hydroxyl groups excluding tert-OH is 1. The Hall–Kier alpha value is -1.68. The largest absolute Gasteiger partial charge is 0.508 e. The van der Waals surface area contributed by atoms with Crippen LogP contribution in [0.1, 0.15) is 60.3 Å². The van der Waals surface area contributed by atoms with Crippen molar-refractivity contribution in [3.8, 4) is 0 Å². The van der Waals surface area contributed by atoms with Crippen molar-refractivity contribution in [2.45, 2.75) is 65.9 Å². The second-order valence-electron chi connectivity index (χ2n) is 6.58. The number of aliphatic hydroxyl groups is 2.